The molecule has 0 spiro atoms. The number of aryl methyl sites for hydroxylation is 1. The van der Waals surface area contributed by atoms with Crippen LogP contribution in [0.15, 0.2) is 60.9 Å². The average molecular weight is 322 g/mol. The minimum atomic E-state index is -0.401. The number of hydrogen-bond donors (Lipinski definition) is 2. The maximum Gasteiger partial charge on any atom is 0.274 e. The van der Waals surface area contributed by atoms with E-state index in [1.54, 1.807) is 18.2 Å². The second kappa shape index (κ2) is 6.87. The van der Waals surface area contributed by atoms with E-state index in [1.807, 2.05) is 31.2 Å². The molecule has 0 radical (unpaired) electrons. The van der Waals surface area contributed by atoms with E-state index in [4.69, 9.17) is 0 Å². The van der Waals surface area contributed by atoms with E-state index in [1.165, 1.54) is 18.5 Å². The van der Waals surface area contributed by atoms with Crippen LogP contribution in [0, 0.1) is 12.7 Å². The summed E-state index contributed by atoms with van der Waals surface area (Å²) >= 11 is 0. The van der Waals surface area contributed by atoms with E-state index in [-0.39, 0.29) is 17.3 Å². The van der Waals surface area contributed by atoms with Crippen LogP contribution >= 0.6 is 0 Å². The van der Waals surface area contributed by atoms with Crippen molar-refractivity contribution < 1.29 is 9.18 Å². The predicted molar refractivity (Wildman–Crippen MR) is 90.8 cm³/mol. The van der Waals surface area contributed by atoms with Gasteiger partial charge in [-0.25, -0.2) is 14.4 Å². The largest absolute Gasteiger partial charge is 0.338 e. The number of amides is 1. The lowest BCUT2D eigenvalue weighted by molar-refractivity contribution is 0.102. The first-order valence-electron chi connectivity index (χ1n) is 7.33. The van der Waals surface area contributed by atoms with Crippen molar-refractivity contribution in [3.8, 4) is 0 Å². The minimum absolute atomic E-state index is 0.185. The molecule has 1 heterocycles. The fraction of sp³-hybridized carbons (Fsp3) is 0.0556. The predicted octanol–water partition coefficient (Wildman–Crippen LogP) is 3.92. The highest BCUT2D eigenvalue weighted by Gasteiger charge is 2.10. The van der Waals surface area contributed by atoms with Gasteiger partial charge < -0.3 is 10.6 Å². The molecule has 6 heteroatoms. The number of nitrogens with zero attached hydrogens (tertiary/aromatic N) is 2. The molecule has 2 N–H and O–H groups in total. The van der Waals surface area contributed by atoms with Gasteiger partial charge in [0.1, 0.15) is 23.7 Å². The highest BCUT2D eigenvalue weighted by Crippen LogP contribution is 2.18. The lowest BCUT2D eigenvalue weighted by Crippen LogP contribution is -2.14. The second-order valence-corrected chi connectivity index (χ2v) is 5.21. The molecule has 24 heavy (non-hydrogen) atoms. The molecule has 0 aliphatic rings. The molecule has 3 rings (SSSR count). The number of nitrogens with one attached hydrogen (secondary N) is 2. The zero-order valence-corrected chi connectivity index (χ0v) is 13.0. The van der Waals surface area contributed by atoms with E-state index in [2.05, 4.69) is 20.6 Å². The summed E-state index contributed by atoms with van der Waals surface area (Å²) in [7, 11) is 0. The molecule has 3 aromatic rings. The molecule has 0 aliphatic carbocycles. The maximum absolute atomic E-state index is 13.7. The Kier molecular flexibility index (Phi) is 4.47. The van der Waals surface area contributed by atoms with Crippen LogP contribution in [0.25, 0.3) is 0 Å². The molecule has 0 saturated carbocycles. The third kappa shape index (κ3) is 3.73. The molecule has 0 atom stereocenters. The number of rotatable bonds is 4. The van der Waals surface area contributed by atoms with Gasteiger partial charge in [0.05, 0.1) is 5.69 Å². The molecule has 0 unspecified atom stereocenters. The van der Waals surface area contributed by atoms with Crippen LogP contribution in [0.2, 0.25) is 0 Å². The number of carbonyl (C=O) groups excluding carboxylic acids is 1. The number of carbonyl (C=O) groups is 1. The van der Waals surface area contributed by atoms with E-state index in [0.29, 0.717) is 11.5 Å². The minimum Gasteiger partial charge on any atom is -0.338 e. The van der Waals surface area contributed by atoms with Gasteiger partial charge in [-0.3, -0.25) is 4.79 Å². The normalized spacial score (nSPS) is 10.2. The Morgan fingerprint density at radius 2 is 1.79 bits per heavy atom. The highest BCUT2D eigenvalue weighted by molar-refractivity contribution is 6.03. The Hall–Kier alpha value is -3.28. The molecule has 1 aromatic heterocycles. The van der Waals surface area contributed by atoms with Crippen LogP contribution < -0.4 is 10.6 Å². The second-order valence-electron chi connectivity index (χ2n) is 5.21. The lowest BCUT2D eigenvalue weighted by atomic mass is 10.2. The van der Waals surface area contributed by atoms with Gasteiger partial charge >= 0.3 is 0 Å². The fourth-order valence-electron chi connectivity index (χ4n) is 2.08. The van der Waals surface area contributed by atoms with Crippen molar-refractivity contribution in [3.63, 3.8) is 0 Å². The van der Waals surface area contributed by atoms with E-state index >= 15 is 0 Å². The number of para-hydroxylation sites is 1. The fourth-order valence-corrected chi connectivity index (χ4v) is 2.08. The monoisotopic (exact) mass is 322 g/mol. The van der Waals surface area contributed by atoms with Gasteiger partial charge in [0.25, 0.3) is 5.91 Å². The van der Waals surface area contributed by atoms with Gasteiger partial charge in [-0.2, -0.15) is 0 Å². The summed E-state index contributed by atoms with van der Waals surface area (Å²) in [5.74, 6) is -0.427. The average Bonchev–Trinajstić information content (AvgIpc) is 2.59. The van der Waals surface area contributed by atoms with Crippen molar-refractivity contribution in [2.24, 2.45) is 0 Å². The summed E-state index contributed by atoms with van der Waals surface area (Å²) in [6.07, 6.45) is 1.26. The molecular weight excluding hydrogens is 307 g/mol. The molecule has 1 amide bonds. The van der Waals surface area contributed by atoms with E-state index < -0.39 is 5.82 Å². The smallest absolute Gasteiger partial charge is 0.274 e. The summed E-state index contributed by atoms with van der Waals surface area (Å²) < 4.78 is 13.7. The van der Waals surface area contributed by atoms with Crippen LogP contribution in [0.5, 0.6) is 0 Å². The van der Waals surface area contributed by atoms with Crippen LogP contribution in [0.1, 0.15) is 16.1 Å². The van der Waals surface area contributed by atoms with Crippen LogP contribution in [-0.4, -0.2) is 15.9 Å². The molecular formula is C18H15FN4O. The summed E-state index contributed by atoms with van der Waals surface area (Å²) in [6, 6.07) is 15.1. The third-order valence-corrected chi connectivity index (χ3v) is 3.35. The maximum atomic E-state index is 13.7. The number of anilines is 3. The number of hydrogen-bond acceptors (Lipinski definition) is 4. The zero-order chi connectivity index (χ0) is 16.9. The number of halogens is 1. The Bertz CT molecular complexity index is 865. The highest BCUT2D eigenvalue weighted by atomic mass is 19.1. The summed E-state index contributed by atoms with van der Waals surface area (Å²) in [6.45, 7) is 1.97. The lowest BCUT2D eigenvalue weighted by Gasteiger charge is -2.08. The van der Waals surface area contributed by atoms with Crippen molar-refractivity contribution in [2.75, 3.05) is 10.6 Å². The van der Waals surface area contributed by atoms with Gasteiger partial charge in [-0.05, 0) is 31.2 Å². The molecule has 2 aromatic carbocycles. The van der Waals surface area contributed by atoms with Crippen LogP contribution in [-0.2, 0) is 0 Å². The summed E-state index contributed by atoms with van der Waals surface area (Å²) in [5.41, 5.74) is 2.24. The SMILES string of the molecule is Cc1ccc(NC(=O)c2cc(Nc3ccccc3F)ncn2)cc1. The van der Waals surface area contributed by atoms with Gasteiger partial charge in [-0.1, -0.05) is 29.8 Å². The first-order valence-corrected chi connectivity index (χ1v) is 7.33. The van der Waals surface area contributed by atoms with Crippen molar-refractivity contribution in [1.82, 2.24) is 9.97 Å². The van der Waals surface area contributed by atoms with Crippen molar-refractivity contribution >= 4 is 23.1 Å². The Balaban J connectivity index is 1.76. The first-order chi connectivity index (χ1) is 11.6. The molecule has 5 nitrogen and oxygen atoms in total. The van der Waals surface area contributed by atoms with E-state index in [9.17, 15) is 9.18 Å². The standard InChI is InChI=1S/C18H15FN4O/c1-12-6-8-13(9-7-12)22-18(24)16-10-17(21-11-20-16)23-15-5-3-2-4-14(15)19/h2-11H,1H3,(H,22,24)(H,20,21,23). The van der Waals surface area contributed by atoms with E-state index in [0.717, 1.165) is 5.56 Å². The Morgan fingerprint density at radius 1 is 1.04 bits per heavy atom. The van der Waals surface area contributed by atoms with Gasteiger partial charge in [-0.15, -0.1) is 0 Å². The quantitative estimate of drug-likeness (QED) is 0.764. The summed E-state index contributed by atoms with van der Waals surface area (Å²) in [5, 5.41) is 5.59. The molecule has 120 valence electrons. The van der Waals surface area contributed by atoms with Gasteiger partial charge in [0.15, 0.2) is 0 Å². The Morgan fingerprint density at radius 3 is 2.54 bits per heavy atom. The van der Waals surface area contributed by atoms with Crippen molar-refractivity contribution in [2.45, 2.75) is 6.92 Å². The third-order valence-electron chi connectivity index (χ3n) is 3.35. The Labute approximate surface area is 138 Å². The number of benzene rings is 2. The van der Waals surface area contributed by atoms with Gasteiger partial charge in [0.2, 0.25) is 0 Å². The summed E-state index contributed by atoms with van der Waals surface area (Å²) in [4.78, 5) is 20.2. The van der Waals surface area contributed by atoms with Crippen LogP contribution in [0.4, 0.5) is 21.6 Å². The van der Waals surface area contributed by atoms with Gasteiger partial charge in [0, 0.05) is 11.8 Å². The molecule has 0 fully saturated rings. The van der Waals surface area contributed by atoms with Crippen LogP contribution in [0.3, 0.4) is 0 Å². The zero-order valence-electron chi connectivity index (χ0n) is 13.0. The number of aromatic nitrogens is 2. The van der Waals surface area contributed by atoms with Crippen molar-refractivity contribution in [1.29, 1.82) is 0 Å². The first kappa shape index (κ1) is 15.6. The van der Waals surface area contributed by atoms with Crippen molar-refractivity contribution in [3.05, 3.63) is 78.0 Å². The molecule has 0 bridgehead atoms. The topological polar surface area (TPSA) is 66.9 Å². The molecule has 0 aliphatic heterocycles. The molecule has 0 saturated heterocycles.